The molecule has 0 bridgehead atoms. The van der Waals surface area contributed by atoms with E-state index in [9.17, 15) is 14.7 Å². The van der Waals surface area contributed by atoms with E-state index in [1.165, 1.54) is 11.0 Å². The molecule has 0 aliphatic heterocycles. The van der Waals surface area contributed by atoms with Crippen LogP contribution >= 0.6 is 0 Å². The number of Topliss-reactive ketones (excluding diaryl/α,β-unsaturated/α-hetero) is 2. The normalized spacial score (nSPS) is 20.7. The molecule has 0 aliphatic rings. The molecule has 1 unspecified atom stereocenters. The summed E-state index contributed by atoms with van der Waals surface area (Å²) in [4.78, 5) is 26.6. The first kappa shape index (κ1) is 15.5. The Morgan fingerprint density at radius 1 is 1.35 bits per heavy atom. The molecule has 0 fully saturated rings. The Morgan fingerprint density at radius 3 is 2.52 bits per heavy atom. The highest BCUT2D eigenvalue weighted by molar-refractivity contribution is 6.41. The highest BCUT2D eigenvalue weighted by atomic mass is 16.3. The van der Waals surface area contributed by atoms with Gasteiger partial charge in [-0.2, -0.15) is 0 Å². The van der Waals surface area contributed by atoms with Crippen molar-refractivity contribution in [1.82, 2.24) is 10.2 Å². The molecule has 0 aromatic heterocycles. The van der Waals surface area contributed by atoms with Gasteiger partial charge in [0.05, 0.1) is 13.5 Å². The second-order valence-electron chi connectivity index (χ2n) is 6.22. The minimum absolute atomic E-state index is 0.120. The van der Waals surface area contributed by atoms with Gasteiger partial charge in [0.15, 0.2) is 0 Å². The van der Waals surface area contributed by atoms with Crippen molar-refractivity contribution in [2.24, 2.45) is 5.92 Å². The Kier molecular flexibility index (Phi) is 7.74. The number of nitrogens with zero attached hydrogens (tertiary/aromatic N) is 1. The lowest BCUT2D eigenvalue weighted by Crippen LogP contribution is -2.53. The van der Waals surface area contributed by atoms with E-state index in [2.05, 4.69) is 5.32 Å². The molecule has 2 N–H and O–H groups in total. The summed E-state index contributed by atoms with van der Waals surface area (Å²) in [5, 5.41) is 13.6. The minimum Gasteiger partial charge on any atom is -0.391 e. The molecule has 0 aliphatic carbocycles. The van der Waals surface area contributed by atoms with E-state index in [1.54, 1.807) is 27.9 Å². The van der Waals surface area contributed by atoms with Crippen molar-refractivity contribution in [2.75, 3.05) is 20.6 Å². The molecule has 4 atom stereocenters. The number of allylic oxidation sites excluding steroid dienone is 2. The van der Waals surface area contributed by atoms with Crippen molar-refractivity contribution < 1.29 is 20.2 Å². The maximum atomic E-state index is 12.7. The van der Waals surface area contributed by atoms with Crippen LogP contribution in [0.5, 0.6) is 0 Å². The smallest absolute Gasteiger partial charge is 0.219 e. The summed E-state index contributed by atoms with van der Waals surface area (Å²) < 4.78 is 29.1. The van der Waals surface area contributed by atoms with Crippen LogP contribution in [0, 0.1) is 5.92 Å². The molecule has 23 heavy (non-hydrogen) atoms. The molecule has 0 aromatic carbocycles. The molecule has 0 spiro atoms. The van der Waals surface area contributed by atoms with Gasteiger partial charge in [-0.05, 0) is 53.2 Å². The van der Waals surface area contributed by atoms with E-state index in [0.29, 0.717) is 6.54 Å². The highest BCUT2D eigenvalue weighted by Gasteiger charge is 2.37. The molecule has 0 radical (unpaired) electrons. The molecule has 5 heteroatoms. The number of nitrogens with one attached hydrogen (secondary N) is 1. The third-order valence-corrected chi connectivity index (χ3v) is 3.94. The number of carbonyl (C=O) groups excluding carboxylic acids is 2. The van der Waals surface area contributed by atoms with Crippen LogP contribution < -0.4 is 5.32 Å². The summed E-state index contributed by atoms with van der Waals surface area (Å²) in [6.07, 6.45) is 2.05. The van der Waals surface area contributed by atoms with Gasteiger partial charge in [-0.15, -0.1) is 0 Å². The zero-order valence-electron chi connectivity index (χ0n) is 18.9. The molecule has 0 rings (SSSR count). The summed E-state index contributed by atoms with van der Waals surface area (Å²) in [7, 11) is 3.21. The van der Waals surface area contributed by atoms with Crippen molar-refractivity contribution in [1.29, 1.82) is 0 Å². The van der Waals surface area contributed by atoms with Gasteiger partial charge in [0, 0.05) is 4.11 Å². The summed E-state index contributed by atoms with van der Waals surface area (Å²) in [5.41, 5.74) is 0. The van der Waals surface area contributed by atoms with Crippen molar-refractivity contribution in [3.8, 4) is 0 Å². The summed E-state index contributed by atoms with van der Waals surface area (Å²) in [6, 6.07) is -2.17. The summed E-state index contributed by atoms with van der Waals surface area (Å²) in [5.74, 6) is -1.77. The Hall–Kier alpha value is -1.04. The molecule has 0 heterocycles. The van der Waals surface area contributed by atoms with Crippen LogP contribution in [0.15, 0.2) is 12.1 Å². The third-order valence-electron chi connectivity index (χ3n) is 3.94. The number of hydrogen-bond acceptors (Lipinski definition) is 5. The SMILES string of the molecule is [2H]/C(=C\C[C@@H](C)[C@@H](O)C(C(=O)C(=O)[C@@H](C)NCCCC)N(C)C)C([2H])([2H])[2H]. The van der Waals surface area contributed by atoms with Gasteiger partial charge < -0.3 is 10.4 Å². The van der Waals surface area contributed by atoms with Crippen molar-refractivity contribution in [2.45, 2.75) is 65.1 Å². The number of aliphatic hydroxyl groups is 1. The van der Waals surface area contributed by atoms with E-state index in [4.69, 9.17) is 5.48 Å². The average molecular weight is 331 g/mol. The molecule has 134 valence electrons. The van der Waals surface area contributed by atoms with E-state index in [1.807, 2.05) is 6.92 Å². The largest absolute Gasteiger partial charge is 0.391 e. The van der Waals surface area contributed by atoms with E-state index < -0.39 is 48.6 Å². The van der Waals surface area contributed by atoms with Gasteiger partial charge in [-0.25, -0.2) is 0 Å². The van der Waals surface area contributed by atoms with Gasteiger partial charge in [0.2, 0.25) is 11.6 Å². The number of likely N-dealkylation sites (N-methyl/N-ethyl adjacent to an activating group) is 1. The Balaban J connectivity index is 5.13. The fourth-order valence-electron chi connectivity index (χ4n) is 2.34. The number of aliphatic hydroxyl groups excluding tert-OH is 1. The third kappa shape index (κ3) is 7.38. The molecule has 0 aromatic rings. The maximum Gasteiger partial charge on any atom is 0.219 e. The maximum absolute atomic E-state index is 12.7. The highest BCUT2D eigenvalue weighted by Crippen LogP contribution is 2.17. The quantitative estimate of drug-likeness (QED) is 0.324. The first-order chi connectivity index (χ1) is 12.3. The number of unbranched alkanes of at least 4 members (excludes halogenated alkanes) is 1. The lowest BCUT2D eigenvalue weighted by molar-refractivity contribution is -0.143. The molecular weight excluding hydrogens is 292 g/mol. The van der Waals surface area contributed by atoms with Crippen LogP contribution in [0.2, 0.25) is 0 Å². The number of rotatable bonds is 12. The lowest BCUT2D eigenvalue weighted by atomic mass is 9.89. The van der Waals surface area contributed by atoms with Crippen molar-refractivity contribution >= 4 is 11.6 Å². The van der Waals surface area contributed by atoms with Crippen LogP contribution in [0.1, 0.15) is 52.4 Å². The summed E-state index contributed by atoms with van der Waals surface area (Å²) in [6.45, 7) is 3.45. The van der Waals surface area contributed by atoms with E-state index in [-0.39, 0.29) is 6.42 Å². The monoisotopic (exact) mass is 330 g/mol. The first-order valence-electron chi connectivity index (χ1n) is 10.2. The number of ketones is 2. The van der Waals surface area contributed by atoms with Gasteiger partial charge in [-0.3, -0.25) is 14.5 Å². The van der Waals surface area contributed by atoms with Gasteiger partial charge in [0.25, 0.3) is 0 Å². The second kappa shape index (κ2) is 11.5. The Labute approximate surface area is 146 Å². The van der Waals surface area contributed by atoms with Crippen LogP contribution in [-0.4, -0.2) is 60.4 Å². The second-order valence-corrected chi connectivity index (χ2v) is 6.22. The molecule has 0 saturated carbocycles. The molecule has 0 amide bonds. The summed E-state index contributed by atoms with van der Waals surface area (Å²) >= 11 is 0. The van der Waals surface area contributed by atoms with Crippen LogP contribution in [0.4, 0.5) is 0 Å². The van der Waals surface area contributed by atoms with E-state index in [0.717, 1.165) is 12.8 Å². The van der Waals surface area contributed by atoms with E-state index >= 15 is 0 Å². The molecular formula is C18H34N2O3. The van der Waals surface area contributed by atoms with Gasteiger partial charge in [-0.1, -0.05) is 32.4 Å². The van der Waals surface area contributed by atoms with Gasteiger partial charge in [0.1, 0.15) is 6.04 Å². The Bertz CT molecular complexity index is 521. The van der Waals surface area contributed by atoms with Crippen molar-refractivity contribution in [3.05, 3.63) is 12.1 Å². The van der Waals surface area contributed by atoms with Crippen LogP contribution in [0.25, 0.3) is 0 Å². The van der Waals surface area contributed by atoms with Crippen LogP contribution in [0.3, 0.4) is 0 Å². The zero-order chi connectivity index (χ0) is 21.4. The van der Waals surface area contributed by atoms with Gasteiger partial charge >= 0.3 is 0 Å². The molecule has 5 nitrogen and oxygen atoms in total. The van der Waals surface area contributed by atoms with Crippen LogP contribution in [-0.2, 0) is 9.59 Å². The lowest BCUT2D eigenvalue weighted by Gasteiger charge is -2.31. The molecule has 0 saturated heterocycles. The predicted octanol–water partition coefficient (Wildman–Crippen LogP) is 1.80. The van der Waals surface area contributed by atoms with Crippen molar-refractivity contribution in [3.63, 3.8) is 0 Å². The predicted molar refractivity (Wildman–Crippen MR) is 94.5 cm³/mol. The fraction of sp³-hybridized carbons (Fsp3) is 0.778. The number of hydrogen-bond donors (Lipinski definition) is 2. The standard InChI is InChI=1S/C18H34N2O3/c1-7-9-11-13(3)16(21)15(20(5)6)18(23)17(22)14(4)19-12-10-8-2/h7,9,13-16,19,21H,8,10-12H2,1-6H3/b9-7+/t13-,14-,15?,16-/m1/s1/i1D3,7D. The fourth-order valence-corrected chi connectivity index (χ4v) is 2.34. The topological polar surface area (TPSA) is 69.6 Å². The first-order valence-corrected chi connectivity index (χ1v) is 8.17. The minimum atomic E-state index is -2.50. The zero-order valence-corrected chi connectivity index (χ0v) is 14.9. The average Bonchev–Trinajstić information content (AvgIpc) is 2.57. The Morgan fingerprint density at radius 2 is 2.00 bits per heavy atom. The number of carbonyl (C=O) groups is 2.